The number of fused-ring (bicyclic) bond motifs is 1. The van der Waals surface area contributed by atoms with Gasteiger partial charge >= 0.3 is 0 Å². The Kier molecular flexibility index (Phi) is 4.03. The van der Waals surface area contributed by atoms with E-state index in [-0.39, 0.29) is 0 Å². The first-order valence-electron chi connectivity index (χ1n) is 8.11. The van der Waals surface area contributed by atoms with Gasteiger partial charge in [0.1, 0.15) is 17.8 Å². The van der Waals surface area contributed by atoms with Crippen molar-refractivity contribution in [1.29, 1.82) is 0 Å². The summed E-state index contributed by atoms with van der Waals surface area (Å²) in [5, 5.41) is 7.40. The summed E-state index contributed by atoms with van der Waals surface area (Å²) >= 11 is 0. The van der Waals surface area contributed by atoms with Crippen LogP contribution in [0.2, 0.25) is 0 Å². The van der Waals surface area contributed by atoms with Crippen molar-refractivity contribution in [2.45, 2.75) is 6.92 Å². The molecule has 0 spiro atoms. The van der Waals surface area contributed by atoms with Crippen molar-refractivity contribution in [3.63, 3.8) is 0 Å². The molecular weight excluding hydrogens is 326 g/mol. The first-order valence-corrected chi connectivity index (χ1v) is 8.11. The average Bonchev–Trinajstić information content (AvgIpc) is 2.65. The second kappa shape index (κ2) is 6.64. The molecule has 0 atom stereocenters. The Morgan fingerprint density at radius 2 is 1.69 bits per heavy atom. The largest absolute Gasteiger partial charge is 0.393 e. The predicted molar refractivity (Wildman–Crippen MR) is 104 cm³/mol. The molecule has 26 heavy (non-hydrogen) atoms. The van der Waals surface area contributed by atoms with E-state index in [4.69, 9.17) is 5.73 Å². The summed E-state index contributed by atoms with van der Waals surface area (Å²) in [6.45, 7) is 2.00. The van der Waals surface area contributed by atoms with E-state index in [0.29, 0.717) is 23.1 Å². The Labute approximate surface area is 150 Å². The highest BCUT2D eigenvalue weighted by molar-refractivity contribution is 5.94. The van der Waals surface area contributed by atoms with E-state index in [1.54, 1.807) is 12.4 Å². The van der Waals surface area contributed by atoms with Gasteiger partial charge in [-0.25, -0.2) is 15.0 Å². The van der Waals surface area contributed by atoms with Gasteiger partial charge in [-0.3, -0.25) is 4.98 Å². The molecule has 0 aliphatic heterocycles. The van der Waals surface area contributed by atoms with Crippen molar-refractivity contribution in [3.8, 4) is 0 Å². The van der Waals surface area contributed by atoms with Gasteiger partial charge in [0, 0.05) is 23.5 Å². The lowest BCUT2D eigenvalue weighted by molar-refractivity contribution is 1.16. The Morgan fingerprint density at radius 1 is 0.846 bits per heavy atom. The van der Waals surface area contributed by atoms with Gasteiger partial charge in [-0.05, 0) is 48.9 Å². The quantitative estimate of drug-likeness (QED) is 0.518. The number of anilines is 5. The minimum atomic E-state index is 0.414. The smallest absolute Gasteiger partial charge is 0.160 e. The third kappa shape index (κ3) is 3.10. The van der Waals surface area contributed by atoms with E-state index in [2.05, 4.69) is 30.6 Å². The second-order valence-electron chi connectivity index (χ2n) is 5.83. The number of nitrogens with one attached hydrogen (secondary N) is 2. The van der Waals surface area contributed by atoms with Crippen LogP contribution in [0.1, 0.15) is 5.56 Å². The van der Waals surface area contributed by atoms with Crippen LogP contribution >= 0.6 is 0 Å². The van der Waals surface area contributed by atoms with Gasteiger partial charge in [-0.15, -0.1) is 0 Å². The summed E-state index contributed by atoms with van der Waals surface area (Å²) in [5.41, 5.74) is 9.55. The normalized spacial score (nSPS) is 10.7. The Morgan fingerprint density at radius 3 is 2.54 bits per heavy atom. The van der Waals surface area contributed by atoms with Crippen LogP contribution < -0.4 is 16.4 Å². The summed E-state index contributed by atoms with van der Waals surface area (Å²) in [7, 11) is 0. The topological polar surface area (TPSA) is 102 Å². The molecule has 4 N–H and O–H groups in total. The van der Waals surface area contributed by atoms with Gasteiger partial charge in [-0.2, -0.15) is 0 Å². The number of hydrogen-bond donors (Lipinski definition) is 3. The van der Waals surface area contributed by atoms with E-state index in [9.17, 15) is 0 Å². The minimum absolute atomic E-state index is 0.414. The highest BCUT2D eigenvalue weighted by Gasteiger charge is 2.11. The van der Waals surface area contributed by atoms with Crippen LogP contribution in [0.5, 0.6) is 0 Å². The van der Waals surface area contributed by atoms with E-state index >= 15 is 0 Å². The molecule has 0 amide bonds. The molecule has 0 radical (unpaired) electrons. The molecule has 3 heterocycles. The lowest BCUT2D eigenvalue weighted by Gasteiger charge is -2.13. The van der Waals surface area contributed by atoms with Crippen molar-refractivity contribution < 1.29 is 0 Å². The van der Waals surface area contributed by atoms with Gasteiger partial charge in [0.15, 0.2) is 11.6 Å². The standard InChI is InChI=1S/C19H17N7/c1-12-7-9-22-16(10-12)26-19-17(20)18(23-11-24-19)25-15-6-2-5-14-13(15)4-3-8-21-14/h2-11H,20H2,1H3,(H2,22,23,24,25,26). The van der Waals surface area contributed by atoms with Crippen molar-refractivity contribution in [1.82, 2.24) is 19.9 Å². The monoisotopic (exact) mass is 343 g/mol. The number of aryl methyl sites for hydroxylation is 1. The molecule has 0 aliphatic rings. The zero-order valence-corrected chi connectivity index (χ0v) is 14.1. The molecule has 0 unspecified atom stereocenters. The number of hydrogen-bond acceptors (Lipinski definition) is 7. The lowest BCUT2D eigenvalue weighted by atomic mass is 10.2. The van der Waals surface area contributed by atoms with Gasteiger partial charge in [-0.1, -0.05) is 6.07 Å². The van der Waals surface area contributed by atoms with Crippen LogP contribution in [0.15, 0.2) is 61.2 Å². The van der Waals surface area contributed by atoms with Crippen LogP contribution in [-0.2, 0) is 0 Å². The number of nitrogen functional groups attached to an aromatic ring is 1. The van der Waals surface area contributed by atoms with Crippen molar-refractivity contribution in [2.75, 3.05) is 16.4 Å². The molecular formula is C19H17N7. The fourth-order valence-corrected chi connectivity index (χ4v) is 2.66. The molecule has 1 aromatic carbocycles. The minimum Gasteiger partial charge on any atom is -0.393 e. The fourth-order valence-electron chi connectivity index (χ4n) is 2.66. The number of pyridine rings is 2. The third-order valence-electron chi connectivity index (χ3n) is 3.94. The van der Waals surface area contributed by atoms with Gasteiger partial charge in [0.25, 0.3) is 0 Å². The zero-order valence-electron chi connectivity index (χ0n) is 14.1. The highest BCUT2D eigenvalue weighted by Crippen LogP contribution is 2.30. The third-order valence-corrected chi connectivity index (χ3v) is 3.94. The molecule has 0 bridgehead atoms. The molecule has 7 nitrogen and oxygen atoms in total. The van der Waals surface area contributed by atoms with Gasteiger partial charge in [0.2, 0.25) is 0 Å². The van der Waals surface area contributed by atoms with Crippen LogP contribution in [0.25, 0.3) is 10.9 Å². The summed E-state index contributed by atoms with van der Waals surface area (Å²) < 4.78 is 0. The number of rotatable bonds is 4. The maximum Gasteiger partial charge on any atom is 0.160 e. The molecule has 0 aliphatic carbocycles. The molecule has 4 aromatic rings. The average molecular weight is 343 g/mol. The summed E-state index contributed by atoms with van der Waals surface area (Å²) in [6, 6.07) is 13.6. The van der Waals surface area contributed by atoms with Gasteiger partial charge < -0.3 is 16.4 Å². The van der Waals surface area contributed by atoms with Crippen molar-refractivity contribution in [3.05, 3.63) is 66.7 Å². The molecule has 3 aromatic heterocycles. The molecule has 7 heteroatoms. The molecule has 4 rings (SSSR count). The lowest BCUT2D eigenvalue weighted by Crippen LogP contribution is -2.06. The summed E-state index contributed by atoms with van der Waals surface area (Å²) in [5.74, 6) is 1.70. The van der Waals surface area contributed by atoms with Crippen LogP contribution in [-0.4, -0.2) is 19.9 Å². The zero-order chi connectivity index (χ0) is 17.9. The molecule has 0 fully saturated rings. The van der Waals surface area contributed by atoms with E-state index in [0.717, 1.165) is 22.2 Å². The van der Waals surface area contributed by atoms with Crippen molar-refractivity contribution in [2.24, 2.45) is 0 Å². The molecule has 0 saturated heterocycles. The first-order chi connectivity index (χ1) is 12.7. The Bertz CT molecular complexity index is 1070. The predicted octanol–water partition coefficient (Wildman–Crippen LogP) is 3.80. The maximum absolute atomic E-state index is 6.27. The van der Waals surface area contributed by atoms with E-state index < -0.39 is 0 Å². The number of benzene rings is 1. The first kappa shape index (κ1) is 15.8. The van der Waals surface area contributed by atoms with Crippen LogP contribution in [0.4, 0.5) is 28.8 Å². The second-order valence-corrected chi connectivity index (χ2v) is 5.83. The molecule has 0 saturated carbocycles. The molecule has 128 valence electrons. The number of nitrogens with two attached hydrogens (primary N) is 1. The maximum atomic E-state index is 6.27. The SMILES string of the molecule is Cc1ccnc(Nc2ncnc(Nc3cccc4ncccc34)c2N)c1. The van der Waals surface area contributed by atoms with Gasteiger partial charge in [0.05, 0.1) is 5.52 Å². The van der Waals surface area contributed by atoms with Crippen LogP contribution in [0.3, 0.4) is 0 Å². The van der Waals surface area contributed by atoms with E-state index in [1.165, 1.54) is 6.33 Å². The Balaban J connectivity index is 1.67. The fraction of sp³-hybridized carbons (Fsp3) is 0.0526. The van der Waals surface area contributed by atoms with Crippen LogP contribution in [0, 0.1) is 6.92 Å². The van der Waals surface area contributed by atoms with E-state index in [1.807, 2.05) is 49.4 Å². The van der Waals surface area contributed by atoms with Crippen molar-refractivity contribution >= 4 is 39.7 Å². The number of aromatic nitrogens is 4. The number of nitrogens with zero attached hydrogens (tertiary/aromatic N) is 4. The Hall–Kier alpha value is -3.74. The highest BCUT2D eigenvalue weighted by atomic mass is 15.1. The summed E-state index contributed by atoms with van der Waals surface area (Å²) in [6.07, 6.45) is 4.96. The summed E-state index contributed by atoms with van der Waals surface area (Å²) in [4.78, 5) is 17.1.